The highest BCUT2D eigenvalue weighted by Crippen LogP contribution is 2.32. The van der Waals surface area contributed by atoms with Crippen molar-refractivity contribution in [2.75, 3.05) is 42.6 Å². The normalized spacial score (nSPS) is 14.3. The number of nitrogens with zero attached hydrogens (tertiary/aromatic N) is 4. The molecule has 0 N–H and O–H groups in total. The molecule has 0 unspecified atom stereocenters. The van der Waals surface area contributed by atoms with Gasteiger partial charge in [0.15, 0.2) is 10.9 Å². The lowest BCUT2D eigenvalue weighted by Crippen LogP contribution is -2.47. The van der Waals surface area contributed by atoms with Crippen molar-refractivity contribution >= 4 is 33.8 Å². The summed E-state index contributed by atoms with van der Waals surface area (Å²) in [5.41, 5.74) is 0.447. The molecule has 0 aliphatic carbocycles. The van der Waals surface area contributed by atoms with Gasteiger partial charge in [-0.1, -0.05) is 0 Å². The second-order valence-electron chi connectivity index (χ2n) is 6.41. The molecule has 150 valence electrons. The second kappa shape index (κ2) is 8.09. The molecule has 1 fully saturated rings. The standard InChI is InChI=1S/C18H21FN4O4S/c1-4-27-17(24)14-9-13(23(25)26)10-15(19)16(14)21-5-7-22(8-6-21)18-20-11(2)12(3)28-18/h9-10H,4-8H2,1-3H3. The van der Waals surface area contributed by atoms with Crippen LogP contribution in [-0.2, 0) is 4.74 Å². The fourth-order valence-corrected chi connectivity index (χ4v) is 4.05. The van der Waals surface area contributed by atoms with Crippen molar-refractivity contribution < 1.29 is 18.8 Å². The smallest absolute Gasteiger partial charge is 0.340 e. The van der Waals surface area contributed by atoms with Crippen molar-refractivity contribution in [3.63, 3.8) is 0 Å². The van der Waals surface area contributed by atoms with Crippen molar-refractivity contribution in [3.05, 3.63) is 44.2 Å². The number of anilines is 2. The molecule has 8 nitrogen and oxygen atoms in total. The number of ether oxygens (including phenoxy) is 1. The number of esters is 1. The molecule has 0 bridgehead atoms. The van der Waals surface area contributed by atoms with Crippen molar-refractivity contribution in [2.45, 2.75) is 20.8 Å². The van der Waals surface area contributed by atoms with Gasteiger partial charge in [0.05, 0.1) is 34.5 Å². The average molecular weight is 408 g/mol. The number of hydrogen-bond acceptors (Lipinski definition) is 8. The topological polar surface area (TPSA) is 88.8 Å². The molecular weight excluding hydrogens is 387 g/mol. The summed E-state index contributed by atoms with van der Waals surface area (Å²) in [6.45, 7) is 7.82. The first-order chi connectivity index (χ1) is 13.3. The first-order valence-corrected chi connectivity index (χ1v) is 9.72. The Bertz CT molecular complexity index is 890. The van der Waals surface area contributed by atoms with Gasteiger partial charge in [0, 0.05) is 37.1 Å². The Labute approximate surface area is 165 Å². The highest BCUT2D eigenvalue weighted by molar-refractivity contribution is 7.15. The van der Waals surface area contributed by atoms with Gasteiger partial charge in [0.25, 0.3) is 5.69 Å². The van der Waals surface area contributed by atoms with Crippen LogP contribution in [-0.4, -0.2) is 48.7 Å². The predicted molar refractivity (Wildman–Crippen MR) is 105 cm³/mol. The number of nitro groups is 1. The summed E-state index contributed by atoms with van der Waals surface area (Å²) >= 11 is 1.61. The Morgan fingerprint density at radius 3 is 2.46 bits per heavy atom. The molecule has 1 aliphatic heterocycles. The quantitative estimate of drug-likeness (QED) is 0.426. The minimum absolute atomic E-state index is 0.0511. The first-order valence-electron chi connectivity index (χ1n) is 8.90. The van der Waals surface area contributed by atoms with Gasteiger partial charge in [-0.2, -0.15) is 0 Å². The van der Waals surface area contributed by atoms with Crippen LogP contribution in [0.1, 0.15) is 27.9 Å². The number of aromatic nitrogens is 1. The molecule has 2 aromatic rings. The lowest BCUT2D eigenvalue weighted by Gasteiger charge is -2.36. The summed E-state index contributed by atoms with van der Waals surface area (Å²) in [5.74, 6) is -1.57. The molecule has 0 saturated carbocycles. The molecular formula is C18H21FN4O4S. The highest BCUT2D eigenvalue weighted by Gasteiger charge is 2.29. The van der Waals surface area contributed by atoms with E-state index in [2.05, 4.69) is 9.88 Å². The molecule has 0 spiro atoms. The van der Waals surface area contributed by atoms with Gasteiger partial charge in [-0.25, -0.2) is 14.2 Å². The third kappa shape index (κ3) is 3.91. The summed E-state index contributed by atoms with van der Waals surface area (Å²) in [5, 5.41) is 12.0. The zero-order valence-electron chi connectivity index (χ0n) is 15.9. The summed E-state index contributed by atoms with van der Waals surface area (Å²) in [6.07, 6.45) is 0. The SMILES string of the molecule is CCOC(=O)c1cc([N+](=O)[O-])cc(F)c1N1CCN(c2nc(C)c(C)s2)CC1. The van der Waals surface area contributed by atoms with Crippen molar-refractivity contribution in [1.82, 2.24) is 4.98 Å². The Kier molecular flexibility index (Phi) is 5.78. The fraction of sp³-hybridized carbons (Fsp3) is 0.444. The minimum Gasteiger partial charge on any atom is -0.462 e. The number of non-ortho nitro benzene ring substituents is 1. The van der Waals surface area contributed by atoms with Gasteiger partial charge >= 0.3 is 5.97 Å². The van der Waals surface area contributed by atoms with Crippen LogP contribution in [0.25, 0.3) is 0 Å². The van der Waals surface area contributed by atoms with Crippen LogP contribution in [0.4, 0.5) is 20.9 Å². The number of piperazine rings is 1. The minimum atomic E-state index is -0.799. The van der Waals surface area contributed by atoms with E-state index in [4.69, 9.17) is 4.74 Å². The molecule has 0 amide bonds. The number of benzene rings is 1. The predicted octanol–water partition coefficient (Wildman–Crippen LogP) is 3.31. The van der Waals surface area contributed by atoms with Gasteiger partial charge in [0.1, 0.15) is 0 Å². The average Bonchev–Trinajstić information content (AvgIpc) is 3.00. The van der Waals surface area contributed by atoms with Crippen LogP contribution in [0.3, 0.4) is 0 Å². The lowest BCUT2D eigenvalue weighted by atomic mass is 10.1. The van der Waals surface area contributed by atoms with Gasteiger partial charge in [-0.05, 0) is 20.8 Å². The van der Waals surface area contributed by atoms with Crippen molar-refractivity contribution in [2.24, 2.45) is 0 Å². The monoisotopic (exact) mass is 408 g/mol. The number of nitro benzene ring substituents is 1. The maximum Gasteiger partial charge on any atom is 0.340 e. The van der Waals surface area contributed by atoms with Crippen LogP contribution in [0.15, 0.2) is 12.1 Å². The van der Waals surface area contributed by atoms with Crippen molar-refractivity contribution in [3.8, 4) is 0 Å². The molecule has 0 atom stereocenters. The molecule has 1 aliphatic rings. The van der Waals surface area contributed by atoms with E-state index in [0.717, 1.165) is 27.8 Å². The van der Waals surface area contributed by atoms with Gasteiger partial charge in [-0.15, -0.1) is 11.3 Å². The van der Waals surface area contributed by atoms with E-state index >= 15 is 0 Å². The Morgan fingerprint density at radius 2 is 1.93 bits per heavy atom. The van der Waals surface area contributed by atoms with E-state index in [0.29, 0.717) is 26.2 Å². The number of aryl methyl sites for hydroxylation is 2. The molecule has 10 heteroatoms. The van der Waals surface area contributed by atoms with Crippen LogP contribution in [0.2, 0.25) is 0 Å². The van der Waals surface area contributed by atoms with Gasteiger partial charge in [0.2, 0.25) is 0 Å². The Morgan fingerprint density at radius 1 is 1.29 bits per heavy atom. The van der Waals surface area contributed by atoms with E-state index in [1.807, 2.05) is 13.8 Å². The molecule has 1 aromatic heterocycles. The molecule has 1 saturated heterocycles. The summed E-state index contributed by atoms with van der Waals surface area (Å²) < 4.78 is 19.7. The number of hydrogen-bond donors (Lipinski definition) is 0. The number of carbonyl (C=O) groups excluding carboxylic acids is 1. The van der Waals surface area contributed by atoms with Crippen LogP contribution in [0, 0.1) is 29.8 Å². The number of halogens is 1. The number of thiazole rings is 1. The molecule has 2 heterocycles. The second-order valence-corrected chi connectivity index (χ2v) is 7.60. The van der Waals surface area contributed by atoms with E-state index in [1.165, 1.54) is 0 Å². The zero-order valence-corrected chi connectivity index (χ0v) is 16.7. The summed E-state index contributed by atoms with van der Waals surface area (Å²) in [4.78, 5) is 32.2. The molecule has 3 rings (SSSR count). The number of carbonyl (C=O) groups is 1. The van der Waals surface area contributed by atoms with E-state index < -0.39 is 22.4 Å². The Hall–Kier alpha value is -2.75. The zero-order chi connectivity index (χ0) is 20.4. The highest BCUT2D eigenvalue weighted by atomic mass is 32.1. The van der Waals surface area contributed by atoms with E-state index in [-0.39, 0.29) is 17.9 Å². The largest absolute Gasteiger partial charge is 0.462 e. The summed E-state index contributed by atoms with van der Waals surface area (Å²) in [6, 6.07) is 1.92. The molecule has 1 aromatic carbocycles. The van der Waals surface area contributed by atoms with E-state index in [1.54, 1.807) is 23.2 Å². The molecule has 0 radical (unpaired) electrons. The molecule has 28 heavy (non-hydrogen) atoms. The first kappa shape index (κ1) is 20.0. The van der Waals surface area contributed by atoms with E-state index in [9.17, 15) is 19.3 Å². The number of rotatable bonds is 5. The van der Waals surface area contributed by atoms with Crippen LogP contribution >= 0.6 is 11.3 Å². The lowest BCUT2D eigenvalue weighted by molar-refractivity contribution is -0.385. The maximum atomic E-state index is 14.8. The van der Waals surface area contributed by atoms with Crippen LogP contribution < -0.4 is 9.80 Å². The van der Waals surface area contributed by atoms with Gasteiger partial charge in [-0.3, -0.25) is 10.1 Å². The Balaban J connectivity index is 1.87. The third-order valence-electron chi connectivity index (χ3n) is 4.64. The third-order valence-corrected chi connectivity index (χ3v) is 5.77. The summed E-state index contributed by atoms with van der Waals surface area (Å²) in [7, 11) is 0. The maximum absolute atomic E-state index is 14.8. The van der Waals surface area contributed by atoms with Gasteiger partial charge < -0.3 is 14.5 Å². The van der Waals surface area contributed by atoms with Crippen molar-refractivity contribution in [1.29, 1.82) is 0 Å². The fourth-order valence-electron chi connectivity index (χ4n) is 3.09. The van der Waals surface area contributed by atoms with Crippen LogP contribution in [0.5, 0.6) is 0 Å².